The summed E-state index contributed by atoms with van der Waals surface area (Å²) in [6, 6.07) is 0. The van der Waals surface area contributed by atoms with Gasteiger partial charge in [-0.15, -0.1) is 0 Å². The summed E-state index contributed by atoms with van der Waals surface area (Å²) in [4.78, 5) is 35.3. The Morgan fingerprint density at radius 1 is 1.44 bits per heavy atom. The smallest absolute Gasteiger partial charge is 0.303 e. The van der Waals surface area contributed by atoms with Crippen molar-refractivity contribution in [1.29, 1.82) is 0 Å². The Morgan fingerprint density at radius 3 is 2.39 bits per heavy atom. The second-order valence-corrected chi connectivity index (χ2v) is 5.93. The lowest BCUT2D eigenvalue weighted by molar-refractivity contribution is -0.150. The Hall–Kier alpha value is -1.45. The number of hydrogen-bond donors (Lipinski definition) is 1. The van der Waals surface area contributed by atoms with E-state index in [9.17, 15) is 14.4 Å². The number of carbonyl (C=O) groups excluding carboxylic acids is 2. The largest absolute Gasteiger partial charge is 0.481 e. The molecule has 0 fully saturated rings. The van der Waals surface area contributed by atoms with Crippen LogP contribution in [0.5, 0.6) is 0 Å². The van der Waals surface area contributed by atoms with Crippen LogP contribution in [0.15, 0.2) is 11.6 Å². The molecule has 0 aromatic heterocycles. The van der Waals surface area contributed by atoms with Gasteiger partial charge in [-0.05, 0) is 24.0 Å². The van der Waals surface area contributed by atoms with Gasteiger partial charge in [0, 0.05) is 11.3 Å². The van der Waals surface area contributed by atoms with Crippen molar-refractivity contribution in [3.05, 3.63) is 11.6 Å². The Bertz CT molecular complexity index is 445. The van der Waals surface area contributed by atoms with Crippen molar-refractivity contribution in [3.63, 3.8) is 0 Å². The fourth-order valence-electron chi connectivity index (χ4n) is 2.72. The highest BCUT2D eigenvalue weighted by Gasteiger charge is 2.54. The van der Waals surface area contributed by atoms with Crippen LogP contribution in [0, 0.1) is 16.7 Å². The molecule has 0 aliphatic heterocycles. The van der Waals surface area contributed by atoms with Gasteiger partial charge in [-0.25, -0.2) is 0 Å². The van der Waals surface area contributed by atoms with Gasteiger partial charge in [0.1, 0.15) is 0 Å². The predicted molar refractivity (Wildman–Crippen MR) is 67.1 cm³/mol. The third kappa shape index (κ3) is 2.00. The van der Waals surface area contributed by atoms with E-state index in [1.807, 2.05) is 0 Å². The van der Waals surface area contributed by atoms with Gasteiger partial charge in [0.15, 0.2) is 11.6 Å². The van der Waals surface area contributed by atoms with Crippen molar-refractivity contribution >= 4 is 17.5 Å². The average molecular weight is 252 g/mol. The van der Waals surface area contributed by atoms with Gasteiger partial charge in [-0.2, -0.15) is 0 Å². The Labute approximate surface area is 107 Å². The molecule has 0 saturated carbocycles. The van der Waals surface area contributed by atoms with E-state index in [1.165, 1.54) is 6.08 Å². The van der Waals surface area contributed by atoms with E-state index in [-0.39, 0.29) is 18.0 Å². The molecule has 1 rings (SSSR count). The van der Waals surface area contributed by atoms with Crippen LogP contribution in [0.25, 0.3) is 0 Å². The first-order chi connectivity index (χ1) is 8.04. The van der Waals surface area contributed by atoms with Gasteiger partial charge in [-0.1, -0.05) is 27.7 Å². The summed E-state index contributed by atoms with van der Waals surface area (Å²) in [5, 5.41) is 8.97. The number of carboxylic acids is 1. The Morgan fingerprint density at radius 2 is 1.94 bits per heavy atom. The zero-order valence-electron chi connectivity index (χ0n) is 11.5. The molecule has 0 heterocycles. The van der Waals surface area contributed by atoms with Crippen LogP contribution in [-0.2, 0) is 14.4 Å². The first kappa shape index (κ1) is 14.6. The number of ketones is 2. The van der Waals surface area contributed by atoms with Crippen molar-refractivity contribution in [3.8, 4) is 0 Å². The van der Waals surface area contributed by atoms with Crippen molar-refractivity contribution < 1.29 is 19.5 Å². The van der Waals surface area contributed by atoms with Gasteiger partial charge in [-0.3, -0.25) is 14.4 Å². The number of Topliss-reactive ketones (excluding diaryl/α,β-unsaturated/α-hetero) is 1. The average Bonchev–Trinajstić information content (AvgIpc) is 2.21. The topological polar surface area (TPSA) is 71.4 Å². The van der Waals surface area contributed by atoms with Crippen molar-refractivity contribution in [2.24, 2.45) is 16.7 Å². The molecule has 4 nitrogen and oxygen atoms in total. The predicted octanol–water partition coefficient (Wildman–Crippen LogP) is 2.23. The summed E-state index contributed by atoms with van der Waals surface area (Å²) in [7, 11) is 0. The molecule has 1 N–H and O–H groups in total. The first-order valence-corrected chi connectivity index (χ1v) is 6.03. The molecular formula is C14H20O4. The fraction of sp³-hybridized carbons (Fsp3) is 0.643. The van der Waals surface area contributed by atoms with E-state index in [1.54, 1.807) is 34.6 Å². The number of carboxylic acid groups (broad SMARTS) is 1. The molecule has 2 atom stereocenters. The van der Waals surface area contributed by atoms with E-state index in [2.05, 4.69) is 0 Å². The Kier molecular flexibility index (Phi) is 3.52. The maximum atomic E-state index is 12.3. The summed E-state index contributed by atoms with van der Waals surface area (Å²) < 4.78 is 0. The minimum absolute atomic E-state index is 0.0736. The maximum Gasteiger partial charge on any atom is 0.303 e. The van der Waals surface area contributed by atoms with E-state index >= 15 is 0 Å². The molecule has 0 spiro atoms. The van der Waals surface area contributed by atoms with E-state index in [4.69, 9.17) is 5.11 Å². The van der Waals surface area contributed by atoms with Gasteiger partial charge in [0.25, 0.3) is 0 Å². The lowest BCUT2D eigenvalue weighted by Crippen LogP contribution is -2.52. The SMILES string of the molecule is CC1=CC(=O)C(C)(C(C)(C)CC(=O)O)C(C)C1=O. The zero-order chi connectivity index (χ0) is 14.3. The van der Waals surface area contributed by atoms with Crippen LogP contribution in [0.1, 0.15) is 41.0 Å². The summed E-state index contributed by atoms with van der Waals surface area (Å²) in [5.74, 6) is -1.68. The lowest BCUT2D eigenvalue weighted by Gasteiger charge is -2.47. The molecule has 4 heteroatoms. The highest BCUT2D eigenvalue weighted by molar-refractivity contribution is 6.12. The lowest BCUT2D eigenvalue weighted by atomic mass is 9.54. The third-order valence-corrected chi connectivity index (χ3v) is 4.51. The van der Waals surface area contributed by atoms with Crippen molar-refractivity contribution in [2.45, 2.75) is 41.0 Å². The highest BCUT2D eigenvalue weighted by atomic mass is 16.4. The summed E-state index contributed by atoms with van der Waals surface area (Å²) in [5.41, 5.74) is -1.29. The Balaban J connectivity index is 3.31. The number of carbonyl (C=O) groups is 3. The minimum Gasteiger partial charge on any atom is -0.481 e. The highest BCUT2D eigenvalue weighted by Crippen LogP contribution is 2.50. The molecule has 0 aromatic rings. The van der Waals surface area contributed by atoms with E-state index in [0.29, 0.717) is 5.57 Å². The molecule has 0 bridgehead atoms. The number of aliphatic carboxylic acids is 1. The molecule has 0 aromatic carbocycles. The first-order valence-electron chi connectivity index (χ1n) is 6.03. The standard InChI is InChI=1S/C14H20O4/c1-8-6-10(15)14(5,9(2)12(8)18)13(3,4)7-11(16)17/h6,9H,7H2,1-5H3,(H,16,17). The second-order valence-electron chi connectivity index (χ2n) is 5.93. The molecule has 100 valence electrons. The van der Waals surface area contributed by atoms with Crippen LogP contribution in [-0.4, -0.2) is 22.6 Å². The summed E-state index contributed by atoms with van der Waals surface area (Å²) >= 11 is 0. The van der Waals surface area contributed by atoms with Crippen LogP contribution in [0.3, 0.4) is 0 Å². The number of hydrogen-bond acceptors (Lipinski definition) is 3. The number of allylic oxidation sites excluding steroid dienone is 2. The molecule has 2 unspecified atom stereocenters. The normalized spacial score (nSPS) is 29.2. The van der Waals surface area contributed by atoms with E-state index in [0.717, 1.165) is 0 Å². The molecule has 1 aliphatic carbocycles. The third-order valence-electron chi connectivity index (χ3n) is 4.51. The number of rotatable bonds is 3. The van der Waals surface area contributed by atoms with E-state index < -0.39 is 22.7 Å². The van der Waals surface area contributed by atoms with Crippen LogP contribution < -0.4 is 0 Å². The van der Waals surface area contributed by atoms with Crippen molar-refractivity contribution in [2.75, 3.05) is 0 Å². The monoisotopic (exact) mass is 252 g/mol. The quantitative estimate of drug-likeness (QED) is 0.836. The second kappa shape index (κ2) is 4.34. The van der Waals surface area contributed by atoms with Gasteiger partial charge < -0.3 is 5.11 Å². The summed E-state index contributed by atoms with van der Waals surface area (Å²) in [6.45, 7) is 8.50. The van der Waals surface area contributed by atoms with Gasteiger partial charge in [0.2, 0.25) is 0 Å². The zero-order valence-corrected chi connectivity index (χ0v) is 11.5. The fourth-order valence-corrected chi connectivity index (χ4v) is 2.72. The van der Waals surface area contributed by atoms with Crippen molar-refractivity contribution in [1.82, 2.24) is 0 Å². The molecule has 0 radical (unpaired) electrons. The summed E-state index contributed by atoms with van der Waals surface area (Å²) in [6.07, 6.45) is 1.21. The van der Waals surface area contributed by atoms with Gasteiger partial charge in [0.05, 0.1) is 6.42 Å². The molecule has 18 heavy (non-hydrogen) atoms. The van der Waals surface area contributed by atoms with Crippen LogP contribution >= 0.6 is 0 Å². The molecule has 0 amide bonds. The van der Waals surface area contributed by atoms with Crippen LogP contribution in [0.4, 0.5) is 0 Å². The molecule has 1 aliphatic rings. The van der Waals surface area contributed by atoms with Crippen LogP contribution in [0.2, 0.25) is 0 Å². The minimum atomic E-state index is -0.970. The maximum absolute atomic E-state index is 12.3. The van der Waals surface area contributed by atoms with Gasteiger partial charge >= 0.3 is 5.97 Å². The molecule has 0 saturated heterocycles. The molecular weight excluding hydrogens is 232 g/mol.